The fraction of sp³-hybridized carbons (Fsp3) is 1.00. The van der Waals surface area contributed by atoms with E-state index in [0.29, 0.717) is 6.04 Å². The molecule has 19 heavy (non-hydrogen) atoms. The van der Waals surface area contributed by atoms with Crippen molar-refractivity contribution in [3.63, 3.8) is 0 Å². The van der Waals surface area contributed by atoms with Gasteiger partial charge in [0.05, 0.1) is 12.2 Å². The van der Waals surface area contributed by atoms with Crippen LogP contribution in [0.2, 0.25) is 0 Å². The van der Waals surface area contributed by atoms with Gasteiger partial charge in [0.1, 0.15) is 0 Å². The van der Waals surface area contributed by atoms with Crippen LogP contribution >= 0.6 is 0 Å². The highest BCUT2D eigenvalue weighted by molar-refractivity contribution is 4.88. The zero-order chi connectivity index (χ0) is 14.5. The number of nitrogens with one attached hydrogen (secondary N) is 1. The molecule has 0 radical (unpaired) electrons. The molecule has 1 saturated heterocycles. The number of hydrogen-bond donors (Lipinski definition) is 1. The standard InChI is InChI=1S/C15H32N2O2/c1-12(8-7-9-16-15(2,3)4)17-10-13(18-5)14(11-17)19-6/h12-14,16H,7-11H2,1-6H3. The Kier molecular flexibility index (Phi) is 6.74. The van der Waals surface area contributed by atoms with E-state index in [0.717, 1.165) is 19.6 Å². The highest BCUT2D eigenvalue weighted by Crippen LogP contribution is 2.20. The van der Waals surface area contributed by atoms with Crippen molar-refractivity contribution < 1.29 is 9.47 Å². The van der Waals surface area contributed by atoms with Crippen LogP contribution in [0.25, 0.3) is 0 Å². The second-order valence-electron chi connectivity index (χ2n) is 6.67. The molecular formula is C15H32N2O2. The first kappa shape index (κ1) is 16.9. The fourth-order valence-corrected chi connectivity index (χ4v) is 2.63. The van der Waals surface area contributed by atoms with E-state index in [1.54, 1.807) is 14.2 Å². The summed E-state index contributed by atoms with van der Waals surface area (Å²) in [6.07, 6.45) is 2.88. The topological polar surface area (TPSA) is 33.7 Å². The summed E-state index contributed by atoms with van der Waals surface area (Å²) in [5.41, 5.74) is 0.221. The summed E-state index contributed by atoms with van der Waals surface area (Å²) in [7, 11) is 3.55. The van der Waals surface area contributed by atoms with Gasteiger partial charge in [-0.1, -0.05) is 0 Å². The quantitative estimate of drug-likeness (QED) is 0.718. The SMILES string of the molecule is COC1CN(C(C)CCCNC(C)(C)C)CC1OC. The van der Waals surface area contributed by atoms with Crippen LogP contribution in [0.15, 0.2) is 0 Å². The molecule has 1 rings (SSSR count). The van der Waals surface area contributed by atoms with E-state index >= 15 is 0 Å². The van der Waals surface area contributed by atoms with Crippen molar-refractivity contribution in [2.45, 2.75) is 64.3 Å². The van der Waals surface area contributed by atoms with E-state index in [9.17, 15) is 0 Å². The maximum Gasteiger partial charge on any atom is 0.0971 e. The lowest BCUT2D eigenvalue weighted by Crippen LogP contribution is -2.37. The summed E-state index contributed by atoms with van der Waals surface area (Å²) in [5, 5.41) is 3.54. The van der Waals surface area contributed by atoms with Gasteiger partial charge in [-0.25, -0.2) is 0 Å². The molecule has 0 aromatic rings. The molecule has 0 saturated carbocycles. The molecule has 3 atom stereocenters. The zero-order valence-electron chi connectivity index (χ0n) is 13.5. The number of methoxy groups -OCH3 is 2. The Balaban J connectivity index is 2.25. The average Bonchev–Trinajstić information content (AvgIpc) is 2.76. The van der Waals surface area contributed by atoms with E-state index in [1.807, 2.05) is 0 Å². The molecule has 0 spiro atoms. The van der Waals surface area contributed by atoms with Gasteiger partial charge in [0, 0.05) is 38.9 Å². The number of nitrogens with zero attached hydrogens (tertiary/aromatic N) is 1. The van der Waals surface area contributed by atoms with Gasteiger partial charge < -0.3 is 14.8 Å². The van der Waals surface area contributed by atoms with Gasteiger partial charge in [-0.2, -0.15) is 0 Å². The lowest BCUT2D eigenvalue weighted by molar-refractivity contribution is -0.00461. The van der Waals surface area contributed by atoms with Crippen LogP contribution in [0.1, 0.15) is 40.5 Å². The maximum absolute atomic E-state index is 5.49. The summed E-state index contributed by atoms with van der Waals surface area (Å²) < 4.78 is 11.0. The largest absolute Gasteiger partial charge is 0.377 e. The Bertz CT molecular complexity index is 241. The molecule has 1 aliphatic rings. The molecule has 1 fully saturated rings. The van der Waals surface area contributed by atoms with Crippen LogP contribution < -0.4 is 5.32 Å². The van der Waals surface area contributed by atoms with Crippen molar-refractivity contribution in [3.05, 3.63) is 0 Å². The highest BCUT2D eigenvalue weighted by Gasteiger charge is 2.34. The molecule has 4 nitrogen and oxygen atoms in total. The Hall–Kier alpha value is -0.160. The van der Waals surface area contributed by atoms with Crippen molar-refractivity contribution in [1.82, 2.24) is 10.2 Å². The first-order chi connectivity index (χ1) is 8.87. The van der Waals surface area contributed by atoms with Crippen LogP contribution in [-0.2, 0) is 9.47 Å². The van der Waals surface area contributed by atoms with Gasteiger partial charge in [-0.15, -0.1) is 0 Å². The van der Waals surface area contributed by atoms with Crippen molar-refractivity contribution >= 4 is 0 Å². The molecule has 0 aliphatic carbocycles. The van der Waals surface area contributed by atoms with Crippen molar-refractivity contribution in [2.24, 2.45) is 0 Å². The molecule has 3 unspecified atom stereocenters. The third-order valence-electron chi connectivity index (χ3n) is 3.93. The van der Waals surface area contributed by atoms with Gasteiger partial charge in [0.15, 0.2) is 0 Å². The second kappa shape index (κ2) is 7.58. The lowest BCUT2D eigenvalue weighted by atomic mass is 10.1. The molecule has 0 aromatic carbocycles. The Labute approximate surface area is 118 Å². The average molecular weight is 272 g/mol. The summed E-state index contributed by atoms with van der Waals surface area (Å²) >= 11 is 0. The third kappa shape index (κ3) is 5.78. The zero-order valence-corrected chi connectivity index (χ0v) is 13.5. The minimum Gasteiger partial charge on any atom is -0.377 e. The van der Waals surface area contributed by atoms with Gasteiger partial charge >= 0.3 is 0 Å². The van der Waals surface area contributed by atoms with Crippen molar-refractivity contribution in [1.29, 1.82) is 0 Å². The normalized spacial score (nSPS) is 26.8. The van der Waals surface area contributed by atoms with Gasteiger partial charge in [-0.05, 0) is 47.1 Å². The molecule has 0 aromatic heterocycles. The summed E-state index contributed by atoms with van der Waals surface area (Å²) in [6.45, 7) is 12.0. The van der Waals surface area contributed by atoms with Gasteiger partial charge in [0.25, 0.3) is 0 Å². The molecular weight excluding hydrogens is 240 g/mol. The number of likely N-dealkylation sites (tertiary alicyclic amines) is 1. The second-order valence-corrected chi connectivity index (χ2v) is 6.67. The highest BCUT2D eigenvalue weighted by atomic mass is 16.5. The van der Waals surface area contributed by atoms with E-state index in [2.05, 4.69) is 37.9 Å². The number of ether oxygens (including phenoxy) is 2. The molecule has 0 bridgehead atoms. The Morgan fingerprint density at radius 2 is 1.68 bits per heavy atom. The van der Waals surface area contributed by atoms with Crippen molar-refractivity contribution in [2.75, 3.05) is 33.9 Å². The smallest absolute Gasteiger partial charge is 0.0971 e. The van der Waals surface area contributed by atoms with Crippen LogP contribution in [0.3, 0.4) is 0 Å². The van der Waals surface area contributed by atoms with E-state index in [1.165, 1.54) is 12.8 Å². The fourth-order valence-electron chi connectivity index (χ4n) is 2.63. The predicted octanol–water partition coefficient (Wildman–Crippen LogP) is 1.89. The summed E-state index contributed by atoms with van der Waals surface area (Å²) in [6, 6.07) is 0.597. The monoisotopic (exact) mass is 272 g/mol. The maximum atomic E-state index is 5.49. The summed E-state index contributed by atoms with van der Waals surface area (Å²) in [4.78, 5) is 2.49. The van der Waals surface area contributed by atoms with E-state index in [-0.39, 0.29) is 17.7 Å². The van der Waals surface area contributed by atoms with E-state index < -0.39 is 0 Å². The Morgan fingerprint density at radius 1 is 1.16 bits per heavy atom. The number of rotatable bonds is 7. The van der Waals surface area contributed by atoms with Crippen LogP contribution in [0.4, 0.5) is 0 Å². The molecule has 1 N–H and O–H groups in total. The van der Waals surface area contributed by atoms with Crippen LogP contribution in [0, 0.1) is 0 Å². The third-order valence-corrected chi connectivity index (χ3v) is 3.93. The molecule has 4 heteroatoms. The minimum absolute atomic E-state index is 0.221. The van der Waals surface area contributed by atoms with Crippen LogP contribution in [0.5, 0.6) is 0 Å². The molecule has 1 heterocycles. The van der Waals surface area contributed by atoms with E-state index in [4.69, 9.17) is 9.47 Å². The van der Waals surface area contributed by atoms with Gasteiger partial charge in [0.2, 0.25) is 0 Å². The van der Waals surface area contributed by atoms with Gasteiger partial charge in [-0.3, -0.25) is 4.90 Å². The predicted molar refractivity (Wildman–Crippen MR) is 79.6 cm³/mol. The molecule has 0 amide bonds. The first-order valence-corrected chi connectivity index (χ1v) is 7.42. The van der Waals surface area contributed by atoms with Crippen LogP contribution in [-0.4, -0.2) is 62.5 Å². The molecule has 114 valence electrons. The number of hydrogen-bond acceptors (Lipinski definition) is 4. The Morgan fingerprint density at radius 3 is 2.11 bits per heavy atom. The molecule has 1 aliphatic heterocycles. The lowest BCUT2D eigenvalue weighted by Gasteiger charge is -2.25. The first-order valence-electron chi connectivity index (χ1n) is 7.42. The minimum atomic E-state index is 0.221. The van der Waals surface area contributed by atoms with Crippen molar-refractivity contribution in [3.8, 4) is 0 Å². The summed E-state index contributed by atoms with van der Waals surface area (Å²) in [5.74, 6) is 0.